The van der Waals surface area contributed by atoms with Gasteiger partial charge in [0.05, 0.1) is 23.6 Å². The highest BCUT2D eigenvalue weighted by molar-refractivity contribution is 5.98. The molecule has 0 radical (unpaired) electrons. The van der Waals surface area contributed by atoms with Gasteiger partial charge in [0.15, 0.2) is 0 Å². The lowest BCUT2D eigenvalue weighted by atomic mass is 10.0. The van der Waals surface area contributed by atoms with Crippen LogP contribution in [0.3, 0.4) is 0 Å². The summed E-state index contributed by atoms with van der Waals surface area (Å²) in [6.45, 7) is 6.21. The molecule has 2 aromatic carbocycles. The molecule has 1 aliphatic rings. The molecule has 0 aliphatic carbocycles. The first-order valence-electron chi connectivity index (χ1n) is 10.8. The molecule has 0 spiro atoms. The van der Waals surface area contributed by atoms with Crippen LogP contribution in [0.4, 0.5) is 4.39 Å². The van der Waals surface area contributed by atoms with E-state index >= 15 is 0 Å². The SMILES string of the molecule is Cc1cc(C(=O)N2CCCC2c2nc(-c3cccc(F)c3C)no2)c(-n2nccn2)cc1C. The van der Waals surface area contributed by atoms with E-state index in [0.717, 1.165) is 17.5 Å². The number of benzene rings is 2. The van der Waals surface area contributed by atoms with E-state index in [2.05, 4.69) is 20.3 Å². The van der Waals surface area contributed by atoms with E-state index in [1.165, 1.54) is 10.9 Å². The molecule has 1 amide bonds. The second-order valence-corrected chi connectivity index (χ2v) is 8.30. The number of nitrogens with zero attached hydrogens (tertiary/aromatic N) is 6. The molecule has 8 nitrogen and oxygen atoms in total. The van der Waals surface area contributed by atoms with Gasteiger partial charge in [-0.3, -0.25) is 4.79 Å². The van der Waals surface area contributed by atoms with Gasteiger partial charge in [-0.1, -0.05) is 17.3 Å². The molecule has 168 valence electrons. The van der Waals surface area contributed by atoms with Crippen LogP contribution in [0.1, 0.15) is 51.8 Å². The maximum atomic E-state index is 14.0. The van der Waals surface area contributed by atoms with E-state index in [-0.39, 0.29) is 17.8 Å². The number of rotatable bonds is 4. The van der Waals surface area contributed by atoms with Gasteiger partial charge in [-0.25, -0.2) is 4.39 Å². The minimum absolute atomic E-state index is 0.144. The molecule has 1 aliphatic heterocycles. The Bertz CT molecular complexity index is 1330. The van der Waals surface area contributed by atoms with Crippen molar-refractivity contribution < 1.29 is 13.7 Å². The Labute approximate surface area is 190 Å². The maximum Gasteiger partial charge on any atom is 0.256 e. The van der Waals surface area contributed by atoms with Crippen LogP contribution in [0.5, 0.6) is 0 Å². The van der Waals surface area contributed by atoms with Crippen molar-refractivity contribution in [1.29, 1.82) is 0 Å². The molecule has 5 rings (SSSR count). The molecule has 0 bridgehead atoms. The third-order valence-electron chi connectivity index (χ3n) is 6.23. The predicted octanol–water partition coefficient (Wildman–Crippen LogP) is 4.36. The number of hydrogen-bond acceptors (Lipinski definition) is 6. The van der Waals surface area contributed by atoms with Crippen LogP contribution in [0.25, 0.3) is 17.1 Å². The molecule has 1 atom stereocenters. The Kier molecular flexibility index (Phi) is 5.24. The molecular formula is C24H23FN6O2. The van der Waals surface area contributed by atoms with E-state index < -0.39 is 0 Å². The lowest BCUT2D eigenvalue weighted by molar-refractivity contribution is 0.0709. The van der Waals surface area contributed by atoms with Crippen molar-refractivity contribution in [3.05, 3.63) is 76.7 Å². The van der Waals surface area contributed by atoms with Gasteiger partial charge < -0.3 is 9.42 Å². The van der Waals surface area contributed by atoms with Crippen molar-refractivity contribution in [1.82, 2.24) is 30.0 Å². The van der Waals surface area contributed by atoms with E-state index in [4.69, 9.17) is 4.52 Å². The number of likely N-dealkylation sites (tertiary alicyclic amines) is 1. The summed E-state index contributed by atoms with van der Waals surface area (Å²) in [7, 11) is 0. The van der Waals surface area contributed by atoms with E-state index in [9.17, 15) is 9.18 Å². The zero-order chi connectivity index (χ0) is 23.1. The molecule has 9 heteroatoms. The number of halogens is 1. The first-order valence-corrected chi connectivity index (χ1v) is 10.8. The van der Waals surface area contributed by atoms with E-state index in [0.29, 0.717) is 47.1 Å². The van der Waals surface area contributed by atoms with Gasteiger partial charge in [0.2, 0.25) is 11.7 Å². The lowest BCUT2D eigenvalue weighted by Gasteiger charge is -2.23. The van der Waals surface area contributed by atoms with Crippen LogP contribution in [0, 0.1) is 26.6 Å². The zero-order valence-corrected chi connectivity index (χ0v) is 18.6. The average Bonchev–Trinajstić information content (AvgIpc) is 3.58. The number of aromatic nitrogens is 5. The van der Waals surface area contributed by atoms with E-state index in [1.807, 2.05) is 26.0 Å². The molecule has 2 aromatic heterocycles. The largest absolute Gasteiger partial charge is 0.337 e. The quantitative estimate of drug-likeness (QED) is 0.463. The summed E-state index contributed by atoms with van der Waals surface area (Å²) >= 11 is 0. The van der Waals surface area contributed by atoms with Crippen molar-refractivity contribution in [3.63, 3.8) is 0 Å². The standard InChI is InChI=1S/C24H23FN6O2/c1-14-12-18(21(13-15(14)2)31-26-9-10-27-31)24(32)30-11-5-8-20(30)23-28-22(29-33-23)17-6-4-7-19(25)16(17)3/h4,6-7,9-10,12-13,20H,5,8,11H2,1-3H3. The first kappa shape index (κ1) is 21.0. The van der Waals surface area contributed by atoms with Crippen molar-refractivity contribution in [2.24, 2.45) is 0 Å². The Morgan fingerprint density at radius 1 is 1.12 bits per heavy atom. The Hall–Kier alpha value is -3.88. The lowest BCUT2D eigenvalue weighted by Crippen LogP contribution is -2.32. The van der Waals surface area contributed by atoms with E-state index in [1.54, 1.807) is 36.4 Å². The maximum absolute atomic E-state index is 14.0. The molecule has 0 saturated carbocycles. The zero-order valence-electron chi connectivity index (χ0n) is 18.6. The molecule has 4 aromatic rings. The fourth-order valence-corrected chi connectivity index (χ4v) is 4.23. The minimum atomic E-state index is -0.354. The normalized spacial score (nSPS) is 15.9. The van der Waals surface area contributed by atoms with Crippen LogP contribution in [0.2, 0.25) is 0 Å². The number of amides is 1. The van der Waals surface area contributed by atoms with Crippen LogP contribution in [-0.2, 0) is 0 Å². The number of hydrogen-bond donors (Lipinski definition) is 0. The number of carbonyl (C=O) groups is 1. The first-order chi connectivity index (χ1) is 15.9. The summed E-state index contributed by atoms with van der Waals surface area (Å²) in [4.78, 5) is 21.4. The third-order valence-corrected chi connectivity index (χ3v) is 6.23. The minimum Gasteiger partial charge on any atom is -0.337 e. The van der Waals surface area contributed by atoms with Gasteiger partial charge in [0.25, 0.3) is 5.91 Å². The monoisotopic (exact) mass is 446 g/mol. The van der Waals surface area contributed by atoms with Crippen LogP contribution in [0.15, 0.2) is 47.2 Å². The smallest absolute Gasteiger partial charge is 0.256 e. The fraction of sp³-hybridized carbons (Fsp3) is 0.292. The van der Waals surface area contributed by atoms with Crippen molar-refractivity contribution >= 4 is 5.91 Å². The Morgan fingerprint density at radius 3 is 2.67 bits per heavy atom. The van der Waals surface area contributed by atoms with Crippen molar-refractivity contribution in [2.75, 3.05) is 6.54 Å². The van der Waals surface area contributed by atoms with Gasteiger partial charge >= 0.3 is 0 Å². The molecule has 1 fully saturated rings. The summed E-state index contributed by atoms with van der Waals surface area (Å²) in [5.74, 6) is 0.191. The fourth-order valence-electron chi connectivity index (χ4n) is 4.23. The molecular weight excluding hydrogens is 423 g/mol. The Morgan fingerprint density at radius 2 is 1.88 bits per heavy atom. The van der Waals surface area contributed by atoms with Gasteiger partial charge in [0, 0.05) is 12.1 Å². The summed E-state index contributed by atoms with van der Waals surface area (Å²) in [5, 5.41) is 12.5. The second kappa shape index (κ2) is 8.23. The van der Waals surface area contributed by atoms with Crippen molar-refractivity contribution in [2.45, 2.75) is 39.7 Å². The molecule has 1 unspecified atom stereocenters. The summed E-state index contributed by atoms with van der Waals surface area (Å²) in [6.07, 6.45) is 4.68. The number of carbonyl (C=O) groups excluding carboxylic acids is 1. The predicted molar refractivity (Wildman–Crippen MR) is 118 cm³/mol. The third kappa shape index (κ3) is 3.69. The summed E-state index contributed by atoms with van der Waals surface area (Å²) in [5.41, 5.74) is 4.22. The van der Waals surface area contributed by atoms with Gasteiger partial charge in [0.1, 0.15) is 11.9 Å². The van der Waals surface area contributed by atoms with Crippen LogP contribution < -0.4 is 0 Å². The van der Waals surface area contributed by atoms with Crippen LogP contribution in [-0.4, -0.2) is 42.5 Å². The molecule has 0 N–H and O–H groups in total. The second-order valence-electron chi connectivity index (χ2n) is 8.30. The van der Waals surface area contributed by atoms with Gasteiger partial charge in [-0.2, -0.15) is 20.0 Å². The van der Waals surface area contributed by atoms with Gasteiger partial charge in [-0.05, 0) is 68.5 Å². The van der Waals surface area contributed by atoms with Gasteiger partial charge in [-0.15, -0.1) is 0 Å². The molecule has 1 saturated heterocycles. The summed E-state index contributed by atoms with van der Waals surface area (Å²) < 4.78 is 19.5. The Balaban J connectivity index is 1.49. The number of aryl methyl sites for hydroxylation is 2. The molecule has 3 heterocycles. The highest BCUT2D eigenvalue weighted by Gasteiger charge is 2.36. The van der Waals surface area contributed by atoms with Crippen molar-refractivity contribution in [3.8, 4) is 17.1 Å². The molecule has 33 heavy (non-hydrogen) atoms. The highest BCUT2D eigenvalue weighted by atomic mass is 19.1. The average molecular weight is 446 g/mol. The topological polar surface area (TPSA) is 89.9 Å². The highest BCUT2D eigenvalue weighted by Crippen LogP contribution is 2.35. The van der Waals surface area contributed by atoms with Crippen LogP contribution >= 0.6 is 0 Å². The summed E-state index contributed by atoms with van der Waals surface area (Å²) in [6, 6.07) is 8.21.